The van der Waals surface area contributed by atoms with Gasteiger partial charge in [-0.25, -0.2) is 0 Å². The van der Waals surface area contributed by atoms with Gasteiger partial charge in [0.1, 0.15) is 0 Å². The normalized spacial score (nSPS) is 20.1. The van der Waals surface area contributed by atoms with Crippen LogP contribution in [-0.2, 0) is 35.7 Å². The Hall–Kier alpha value is -3.54. The van der Waals surface area contributed by atoms with E-state index in [0.717, 1.165) is 24.1 Å². The molecule has 0 N–H and O–H groups in total. The lowest BCUT2D eigenvalue weighted by Crippen LogP contribution is -2.44. The summed E-state index contributed by atoms with van der Waals surface area (Å²) in [6.07, 6.45) is 0.800. The van der Waals surface area contributed by atoms with E-state index in [9.17, 15) is 18.0 Å². The first-order chi connectivity index (χ1) is 19.0. The van der Waals surface area contributed by atoms with Crippen LogP contribution in [0.1, 0.15) is 49.6 Å². The van der Waals surface area contributed by atoms with E-state index in [1.165, 1.54) is 16.9 Å². The monoisotopic (exact) mass is 557 g/mol. The lowest BCUT2D eigenvalue weighted by Gasteiger charge is -2.42. The van der Waals surface area contributed by atoms with Crippen LogP contribution < -0.4 is 9.80 Å². The Morgan fingerprint density at radius 2 is 1.88 bits per heavy atom. The van der Waals surface area contributed by atoms with Gasteiger partial charge >= 0.3 is 6.18 Å². The van der Waals surface area contributed by atoms with Crippen molar-refractivity contribution in [3.8, 4) is 11.1 Å². The number of aromatic nitrogens is 4. The molecule has 0 radical (unpaired) electrons. The Balaban J connectivity index is 1.54. The molecular weight excluding hydrogens is 523 g/mol. The number of hydrogen-bond acceptors (Lipinski definition) is 6. The SMILES string of the molecule is CC(=O)N1CCc2c(c(N3CC(C)N(C)c4cc(-c5cnn(C)c5)c(C(F)(F)F)cc43)nn2C2CCOCC2)C1. The average molecular weight is 558 g/mol. The molecule has 12 heteroatoms. The van der Waals surface area contributed by atoms with Crippen LogP contribution in [0.3, 0.4) is 0 Å². The lowest BCUT2D eigenvalue weighted by atomic mass is 9.96. The van der Waals surface area contributed by atoms with Crippen molar-refractivity contribution in [2.75, 3.05) is 43.2 Å². The van der Waals surface area contributed by atoms with E-state index in [4.69, 9.17) is 9.84 Å². The number of likely N-dealkylation sites (N-methyl/N-ethyl adjacent to an activating group) is 1. The zero-order chi connectivity index (χ0) is 28.3. The fraction of sp³-hybridized carbons (Fsp3) is 0.536. The summed E-state index contributed by atoms with van der Waals surface area (Å²) in [5.41, 5.74) is 2.93. The van der Waals surface area contributed by atoms with Gasteiger partial charge in [-0.15, -0.1) is 0 Å². The molecule has 9 nitrogen and oxygen atoms in total. The van der Waals surface area contributed by atoms with Gasteiger partial charge in [0.2, 0.25) is 5.91 Å². The maximum Gasteiger partial charge on any atom is 0.417 e. The van der Waals surface area contributed by atoms with Crippen LogP contribution in [-0.4, -0.2) is 69.8 Å². The van der Waals surface area contributed by atoms with E-state index in [0.29, 0.717) is 62.0 Å². The molecule has 3 aliphatic rings. The van der Waals surface area contributed by atoms with E-state index >= 15 is 0 Å². The van der Waals surface area contributed by atoms with Crippen LogP contribution in [0.2, 0.25) is 0 Å². The summed E-state index contributed by atoms with van der Waals surface area (Å²) >= 11 is 0. The number of alkyl halides is 3. The van der Waals surface area contributed by atoms with E-state index in [1.807, 2.05) is 16.8 Å². The fourth-order valence-electron chi connectivity index (χ4n) is 6.18. The zero-order valence-electron chi connectivity index (χ0n) is 23.2. The minimum atomic E-state index is -4.57. The van der Waals surface area contributed by atoms with Gasteiger partial charge in [0.25, 0.3) is 0 Å². The van der Waals surface area contributed by atoms with E-state index in [2.05, 4.69) is 16.7 Å². The molecule has 40 heavy (non-hydrogen) atoms. The predicted molar refractivity (Wildman–Crippen MR) is 145 cm³/mol. The summed E-state index contributed by atoms with van der Waals surface area (Å²) in [7, 11) is 3.60. The van der Waals surface area contributed by atoms with Crippen molar-refractivity contribution in [3.05, 3.63) is 41.3 Å². The first kappa shape index (κ1) is 26.7. The maximum absolute atomic E-state index is 14.5. The number of hydrogen-bond donors (Lipinski definition) is 0. The number of fused-ring (bicyclic) bond motifs is 2. The number of aryl methyl sites for hydroxylation is 1. The number of benzene rings is 1. The number of rotatable bonds is 3. The largest absolute Gasteiger partial charge is 0.417 e. The molecular formula is C28H34F3N7O2. The molecule has 5 heterocycles. The van der Waals surface area contributed by atoms with Gasteiger partial charge < -0.3 is 19.4 Å². The summed E-state index contributed by atoms with van der Waals surface area (Å²) in [4.78, 5) is 18.1. The van der Waals surface area contributed by atoms with E-state index in [1.54, 1.807) is 31.1 Å². The van der Waals surface area contributed by atoms with Gasteiger partial charge in [0.15, 0.2) is 5.82 Å². The highest BCUT2D eigenvalue weighted by molar-refractivity contribution is 5.86. The third kappa shape index (κ3) is 4.51. The molecule has 0 saturated carbocycles. The van der Waals surface area contributed by atoms with Crippen molar-refractivity contribution in [1.82, 2.24) is 24.5 Å². The molecule has 1 aromatic carbocycles. The van der Waals surface area contributed by atoms with Crippen molar-refractivity contribution in [3.63, 3.8) is 0 Å². The van der Waals surface area contributed by atoms with Crippen LogP contribution in [0, 0.1) is 0 Å². The zero-order valence-corrected chi connectivity index (χ0v) is 23.2. The smallest absolute Gasteiger partial charge is 0.381 e. The lowest BCUT2D eigenvalue weighted by molar-refractivity contribution is -0.137. The summed E-state index contributed by atoms with van der Waals surface area (Å²) in [6.45, 7) is 6.35. The Bertz CT molecular complexity index is 1440. The molecule has 1 fully saturated rings. The average Bonchev–Trinajstić information content (AvgIpc) is 3.53. The molecule has 1 atom stereocenters. The summed E-state index contributed by atoms with van der Waals surface area (Å²) in [6, 6.07) is 3.04. The molecule has 0 spiro atoms. The molecule has 0 bridgehead atoms. The topological polar surface area (TPSA) is 71.7 Å². The van der Waals surface area contributed by atoms with Crippen LogP contribution in [0.25, 0.3) is 11.1 Å². The van der Waals surface area contributed by atoms with Gasteiger partial charge in [-0.05, 0) is 37.5 Å². The molecule has 0 aliphatic carbocycles. The fourth-order valence-corrected chi connectivity index (χ4v) is 6.18. The van der Waals surface area contributed by atoms with Crippen molar-refractivity contribution >= 4 is 23.1 Å². The van der Waals surface area contributed by atoms with Crippen LogP contribution >= 0.6 is 0 Å². The van der Waals surface area contributed by atoms with Gasteiger partial charge in [-0.1, -0.05) is 0 Å². The first-order valence-corrected chi connectivity index (χ1v) is 13.7. The number of nitrogens with zero attached hydrogens (tertiary/aromatic N) is 7. The van der Waals surface area contributed by atoms with E-state index in [-0.39, 0.29) is 23.6 Å². The van der Waals surface area contributed by atoms with Gasteiger partial charge in [-0.3, -0.25) is 14.2 Å². The number of amides is 1. The van der Waals surface area contributed by atoms with Gasteiger partial charge in [0, 0.05) is 82.8 Å². The van der Waals surface area contributed by atoms with Crippen LogP contribution in [0.5, 0.6) is 0 Å². The number of ether oxygens (including phenoxy) is 1. The second-order valence-electron chi connectivity index (χ2n) is 11.1. The number of carbonyl (C=O) groups excluding carboxylic acids is 1. The summed E-state index contributed by atoms with van der Waals surface area (Å²) in [5.74, 6) is 0.610. The minimum absolute atomic E-state index is 0.00219. The summed E-state index contributed by atoms with van der Waals surface area (Å²) in [5, 5.41) is 9.22. The maximum atomic E-state index is 14.5. The second-order valence-corrected chi connectivity index (χ2v) is 11.1. The molecule has 2 aromatic heterocycles. The molecule has 3 aromatic rings. The van der Waals surface area contributed by atoms with E-state index < -0.39 is 11.7 Å². The van der Waals surface area contributed by atoms with Crippen molar-refractivity contribution in [2.45, 2.75) is 57.9 Å². The molecule has 214 valence electrons. The molecule has 6 rings (SSSR count). The Morgan fingerprint density at radius 3 is 2.52 bits per heavy atom. The summed E-state index contributed by atoms with van der Waals surface area (Å²) < 4.78 is 52.8. The quantitative estimate of drug-likeness (QED) is 0.471. The second kappa shape index (κ2) is 9.83. The standard InChI is InChI=1S/C28H34F3N7O2/c1-17-14-37(26-12-23(28(29,30)31)21(11-25(26)35(17)4)19-13-32-34(3)15-19)27-22-16-36(18(2)39)8-5-24(22)38(33-27)20-6-9-40-10-7-20/h11-13,15,17,20H,5-10,14,16H2,1-4H3. The highest BCUT2D eigenvalue weighted by Gasteiger charge is 2.40. The first-order valence-electron chi connectivity index (χ1n) is 13.7. The Morgan fingerprint density at radius 1 is 1.12 bits per heavy atom. The minimum Gasteiger partial charge on any atom is -0.381 e. The predicted octanol–water partition coefficient (Wildman–Crippen LogP) is 4.53. The molecule has 1 unspecified atom stereocenters. The molecule has 1 amide bonds. The third-order valence-corrected chi connectivity index (χ3v) is 8.52. The molecule has 3 aliphatic heterocycles. The highest BCUT2D eigenvalue weighted by Crippen LogP contribution is 2.48. The van der Waals surface area contributed by atoms with Gasteiger partial charge in [0.05, 0.1) is 35.7 Å². The Labute approximate surface area is 231 Å². The number of anilines is 3. The van der Waals surface area contributed by atoms with Crippen molar-refractivity contribution < 1.29 is 22.7 Å². The number of carbonyl (C=O) groups is 1. The molecule has 1 saturated heterocycles. The van der Waals surface area contributed by atoms with Crippen LogP contribution in [0.15, 0.2) is 24.5 Å². The Kier molecular flexibility index (Phi) is 6.55. The van der Waals surface area contributed by atoms with Crippen LogP contribution in [0.4, 0.5) is 30.4 Å². The van der Waals surface area contributed by atoms with Crippen molar-refractivity contribution in [1.29, 1.82) is 0 Å². The van der Waals surface area contributed by atoms with Crippen molar-refractivity contribution in [2.24, 2.45) is 7.05 Å². The van der Waals surface area contributed by atoms with Gasteiger partial charge in [-0.2, -0.15) is 23.4 Å². The highest BCUT2D eigenvalue weighted by atomic mass is 19.4. The third-order valence-electron chi connectivity index (χ3n) is 8.52. The number of halogens is 3.